The number of carbonyl (C=O) groups excluding carboxylic acids is 1. The first-order chi connectivity index (χ1) is 11.6. The van der Waals surface area contributed by atoms with E-state index in [2.05, 4.69) is 0 Å². The largest absolute Gasteiger partial charge is 0.389 e. The number of amides is 1. The number of aliphatic hydroxyl groups is 1. The Morgan fingerprint density at radius 2 is 2.08 bits per heavy atom. The van der Waals surface area contributed by atoms with E-state index in [0.29, 0.717) is 0 Å². The molecule has 2 aromatic rings. The Hall–Kier alpha value is -1.63. The zero-order valence-corrected chi connectivity index (χ0v) is 15.0. The van der Waals surface area contributed by atoms with Crippen molar-refractivity contribution in [3.05, 3.63) is 40.5 Å². The van der Waals surface area contributed by atoms with Crippen LogP contribution in [0, 0.1) is 0 Å². The van der Waals surface area contributed by atoms with Crippen LogP contribution in [0.3, 0.4) is 0 Å². The number of rotatable bonds is 6. The minimum absolute atomic E-state index is 0.0201. The molecular weight excluding hydrogens is 324 g/mol. The van der Waals surface area contributed by atoms with Gasteiger partial charge in [-0.25, -0.2) is 0 Å². The van der Waals surface area contributed by atoms with Crippen LogP contribution in [0.4, 0.5) is 0 Å². The number of aromatic nitrogens is 1. The summed E-state index contributed by atoms with van der Waals surface area (Å²) in [5, 5.41) is 10.9. The summed E-state index contributed by atoms with van der Waals surface area (Å²) < 4.78 is 6.98. The van der Waals surface area contributed by atoms with E-state index >= 15 is 0 Å². The number of hydrogen-bond donors (Lipinski definition) is 1. The van der Waals surface area contributed by atoms with Crippen LogP contribution in [0.1, 0.15) is 33.6 Å². The summed E-state index contributed by atoms with van der Waals surface area (Å²) in [7, 11) is 3.29. The smallest absolute Gasteiger partial charge is 0.257 e. The highest BCUT2D eigenvalue weighted by Gasteiger charge is 2.28. The van der Waals surface area contributed by atoms with Crippen LogP contribution in [0.25, 0.3) is 5.00 Å². The number of fused-ring (bicyclic) bond motifs is 1. The van der Waals surface area contributed by atoms with Gasteiger partial charge in [-0.3, -0.25) is 4.79 Å². The third-order valence-corrected chi connectivity index (χ3v) is 5.70. The van der Waals surface area contributed by atoms with Crippen molar-refractivity contribution in [1.29, 1.82) is 0 Å². The lowest BCUT2D eigenvalue weighted by Crippen LogP contribution is -2.36. The molecule has 0 aliphatic heterocycles. The highest BCUT2D eigenvalue weighted by Crippen LogP contribution is 2.37. The molecule has 0 bridgehead atoms. The van der Waals surface area contributed by atoms with E-state index in [-0.39, 0.29) is 19.1 Å². The number of likely N-dealkylation sites (N-methyl/N-ethyl adjacent to an activating group) is 1. The standard InChI is InChI=1S/C18H24N2O3S/c1-19(11-13(21)12-23-2)17(22)16-14-7-3-4-8-15(14)24-18(16)20-9-5-6-10-20/h5-6,9-10,13,21H,3-4,7-8,11-12H2,1-2H3. The van der Waals surface area contributed by atoms with Crippen molar-refractivity contribution < 1.29 is 14.6 Å². The molecule has 130 valence electrons. The molecule has 5 nitrogen and oxygen atoms in total. The summed E-state index contributed by atoms with van der Waals surface area (Å²) in [5.74, 6) is -0.0201. The molecule has 0 saturated carbocycles. The molecule has 24 heavy (non-hydrogen) atoms. The van der Waals surface area contributed by atoms with Crippen LogP contribution >= 0.6 is 11.3 Å². The number of nitrogens with zero attached hydrogens (tertiary/aromatic N) is 2. The van der Waals surface area contributed by atoms with Crippen LogP contribution in [0.5, 0.6) is 0 Å². The van der Waals surface area contributed by atoms with Gasteiger partial charge in [0, 0.05) is 38.0 Å². The summed E-state index contributed by atoms with van der Waals surface area (Å²) >= 11 is 1.72. The third kappa shape index (κ3) is 3.41. The van der Waals surface area contributed by atoms with Gasteiger partial charge in [-0.1, -0.05) is 0 Å². The van der Waals surface area contributed by atoms with E-state index in [1.165, 1.54) is 16.9 Å². The Morgan fingerprint density at radius 3 is 2.79 bits per heavy atom. The quantitative estimate of drug-likeness (QED) is 0.873. The van der Waals surface area contributed by atoms with Crippen LogP contribution in [-0.4, -0.2) is 53.9 Å². The van der Waals surface area contributed by atoms with Gasteiger partial charge in [0.05, 0.1) is 18.3 Å². The summed E-state index contributed by atoms with van der Waals surface area (Å²) in [4.78, 5) is 16.0. The highest BCUT2D eigenvalue weighted by molar-refractivity contribution is 7.15. The van der Waals surface area contributed by atoms with Crippen LogP contribution in [0.15, 0.2) is 24.5 Å². The molecule has 0 aromatic carbocycles. The van der Waals surface area contributed by atoms with Gasteiger partial charge < -0.3 is 19.3 Å². The Morgan fingerprint density at radius 1 is 1.38 bits per heavy atom. The number of aliphatic hydroxyl groups excluding tert-OH is 1. The predicted octanol–water partition coefficient (Wildman–Crippen LogP) is 2.50. The SMILES string of the molecule is COCC(O)CN(C)C(=O)c1c(-n2cccc2)sc2c1CCCC2. The summed E-state index contributed by atoms with van der Waals surface area (Å²) in [6.45, 7) is 0.492. The van der Waals surface area contributed by atoms with Gasteiger partial charge in [0.2, 0.25) is 0 Å². The minimum atomic E-state index is -0.673. The molecule has 1 unspecified atom stereocenters. The summed E-state index contributed by atoms with van der Waals surface area (Å²) in [5.41, 5.74) is 2.01. The Kier molecular flexibility index (Phi) is 5.38. The van der Waals surface area contributed by atoms with E-state index in [4.69, 9.17) is 4.74 Å². The molecule has 2 heterocycles. The topological polar surface area (TPSA) is 54.7 Å². The number of methoxy groups -OCH3 is 1. The van der Waals surface area contributed by atoms with Crippen LogP contribution < -0.4 is 0 Å². The van der Waals surface area contributed by atoms with Gasteiger partial charge in [0.1, 0.15) is 5.00 Å². The highest BCUT2D eigenvalue weighted by atomic mass is 32.1. The molecule has 1 aliphatic rings. The molecule has 1 aliphatic carbocycles. The number of ether oxygens (including phenoxy) is 1. The first-order valence-electron chi connectivity index (χ1n) is 8.32. The van der Waals surface area contributed by atoms with E-state index < -0.39 is 6.10 Å². The van der Waals surface area contributed by atoms with Crippen molar-refractivity contribution in [2.45, 2.75) is 31.8 Å². The van der Waals surface area contributed by atoms with Gasteiger partial charge in [-0.15, -0.1) is 11.3 Å². The number of hydrogen-bond acceptors (Lipinski definition) is 4. The average Bonchev–Trinajstić information content (AvgIpc) is 3.21. The molecule has 0 spiro atoms. The lowest BCUT2D eigenvalue weighted by Gasteiger charge is -2.22. The fourth-order valence-corrected chi connectivity index (χ4v) is 4.61. The monoisotopic (exact) mass is 348 g/mol. The molecule has 0 radical (unpaired) electrons. The van der Waals surface area contributed by atoms with Crippen molar-refractivity contribution >= 4 is 17.2 Å². The Labute approximate surface area is 146 Å². The second-order valence-electron chi connectivity index (χ2n) is 6.28. The zero-order valence-electron chi connectivity index (χ0n) is 14.2. The van der Waals surface area contributed by atoms with Crippen molar-refractivity contribution in [1.82, 2.24) is 9.47 Å². The van der Waals surface area contributed by atoms with Gasteiger partial charge in [0.15, 0.2) is 0 Å². The number of thiophene rings is 1. The second kappa shape index (κ2) is 7.51. The van der Waals surface area contributed by atoms with Gasteiger partial charge in [-0.2, -0.15) is 0 Å². The minimum Gasteiger partial charge on any atom is -0.389 e. The zero-order chi connectivity index (χ0) is 17.1. The van der Waals surface area contributed by atoms with E-state index in [9.17, 15) is 9.90 Å². The fourth-order valence-electron chi connectivity index (χ4n) is 3.26. The molecular formula is C18H24N2O3S. The van der Waals surface area contributed by atoms with Crippen LogP contribution in [-0.2, 0) is 17.6 Å². The first-order valence-corrected chi connectivity index (χ1v) is 9.13. The fraction of sp³-hybridized carbons (Fsp3) is 0.500. The normalized spacial score (nSPS) is 15.1. The van der Waals surface area contributed by atoms with E-state index in [0.717, 1.165) is 29.8 Å². The maximum Gasteiger partial charge on any atom is 0.257 e. The van der Waals surface area contributed by atoms with E-state index in [1.54, 1.807) is 30.4 Å². The van der Waals surface area contributed by atoms with Crippen molar-refractivity contribution in [2.75, 3.05) is 27.3 Å². The average molecular weight is 348 g/mol. The molecule has 1 amide bonds. The third-order valence-electron chi connectivity index (χ3n) is 4.40. The van der Waals surface area contributed by atoms with Gasteiger partial charge >= 0.3 is 0 Å². The lowest BCUT2D eigenvalue weighted by atomic mass is 9.95. The predicted molar refractivity (Wildman–Crippen MR) is 95.1 cm³/mol. The van der Waals surface area contributed by atoms with Crippen LogP contribution in [0.2, 0.25) is 0 Å². The summed E-state index contributed by atoms with van der Waals surface area (Å²) in [6.07, 6.45) is 7.62. The molecule has 1 N–H and O–H groups in total. The van der Waals surface area contributed by atoms with Crippen molar-refractivity contribution in [3.63, 3.8) is 0 Å². The van der Waals surface area contributed by atoms with Gasteiger partial charge in [-0.05, 0) is 43.4 Å². The molecule has 3 rings (SSSR count). The number of carbonyl (C=O) groups is 1. The molecule has 0 fully saturated rings. The summed E-state index contributed by atoms with van der Waals surface area (Å²) in [6, 6.07) is 3.94. The van der Waals surface area contributed by atoms with Crippen molar-refractivity contribution in [2.24, 2.45) is 0 Å². The van der Waals surface area contributed by atoms with E-state index in [1.807, 2.05) is 29.1 Å². The Bertz CT molecular complexity index is 693. The second-order valence-corrected chi connectivity index (χ2v) is 7.36. The molecule has 1 atom stereocenters. The van der Waals surface area contributed by atoms with Crippen molar-refractivity contribution in [3.8, 4) is 5.00 Å². The molecule has 2 aromatic heterocycles. The maximum atomic E-state index is 13.1. The molecule has 0 saturated heterocycles. The van der Waals surface area contributed by atoms with Gasteiger partial charge in [0.25, 0.3) is 5.91 Å². The number of aryl methyl sites for hydroxylation is 1. The maximum absolute atomic E-state index is 13.1. The Balaban J connectivity index is 1.93. The lowest BCUT2D eigenvalue weighted by molar-refractivity contribution is 0.0380. The first kappa shape index (κ1) is 17.2. The molecule has 6 heteroatoms.